The number of carbonyl (C=O) groups excluding carboxylic acids is 8. The van der Waals surface area contributed by atoms with E-state index in [0.717, 1.165) is 205 Å². The minimum absolute atomic E-state index is 0. The number of nitrogens with one attached hydrogen (secondary N) is 4. The van der Waals surface area contributed by atoms with Gasteiger partial charge in [-0.3, -0.25) is 56.5 Å². The molecule has 0 aromatic carbocycles. The average Bonchev–Trinajstić information content (AvgIpc) is 0.901. The van der Waals surface area contributed by atoms with Gasteiger partial charge in [0, 0.05) is 51.6 Å². The number of rotatable bonds is 100. The number of unbranched alkanes of at least 4 members (excludes halogenated alkanes) is 40. The Balaban J connectivity index is -0.0000145. The minimum atomic E-state index is -4.89. The molecule has 4 unspecified atom stereocenters. The molecule has 8 atom stereocenters. The van der Waals surface area contributed by atoms with Gasteiger partial charge in [0.15, 0.2) is 0 Å². The van der Waals surface area contributed by atoms with Crippen molar-refractivity contribution in [3.63, 3.8) is 0 Å². The number of allylic oxidation sites excluding steroid dienone is 8. The largest absolute Gasteiger partial charge is 1.00 e. The minimum Gasteiger partial charge on any atom is -1.00 e. The smallest absolute Gasteiger partial charge is 1.00 e. The van der Waals surface area contributed by atoms with Gasteiger partial charge in [-0.1, -0.05) is 309 Å². The first-order chi connectivity index (χ1) is 64.6. The molecule has 0 aliphatic rings. The van der Waals surface area contributed by atoms with E-state index in [4.69, 9.17) is 46.5 Å². The molecule has 780 valence electrons. The predicted molar refractivity (Wildman–Crippen MR) is 539 cm³/mol. The van der Waals surface area contributed by atoms with Gasteiger partial charge in [-0.05, 0) is 154 Å². The van der Waals surface area contributed by atoms with Gasteiger partial charge in [0.2, 0.25) is 23.6 Å². The third-order valence-electron chi connectivity index (χ3n) is 23.2. The van der Waals surface area contributed by atoms with E-state index < -0.39 is 115 Å². The Labute approximate surface area is 867 Å². The van der Waals surface area contributed by atoms with Gasteiger partial charge in [0.1, 0.15) is 30.8 Å². The van der Waals surface area contributed by atoms with Gasteiger partial charge in [-0.15, -0.1) is 0 Å². The fourth-order valence-electron chi connectivity index (χ4n) is 15.2. The van der Waals surface area contributed by atoms with Crippen molar-refractivity contribution in [2.45, 2.75) is 509 Å². The fourth-order valence-corrected chi connectivity index (χ4v) is 16.8. The van der Waals surface area contributed by atoms with Crippen molar-refractivity contribution in [1.29, 1.82) is 0 Å². The Morgan fingerprint density at radius 3 is 0.770 bits per heavy atom. The van der Waals surface area contributed by atoms with Crippen molar-refractivity contribution in [3.05, 3.63) is 48.6 Å². The Morgan fingerprint density at radius 2 is 0.504 bits per heavy atom. The second kappa shape index (κ2) is 101. The van der Waals surface area contributed by atoms with Gasteiger partial charge in [-0.2, -0.15) is 0 Å². The topological polar surface area (TPSA) is 352 Å². The van der Waals surface area contributed by atoms with Crippen molar-refractivity contribution in [3.8, 4) is 0 Å². The third kappa shape index (κ3) is 95.5. The Bertz CT molecular complexity index is 3060. The van der Waals surface area contributed by atoms with Crippen LogP contribution in [-0.2, 0) is 94.0 Å². The summed E-state index contributed by atoms with van der Waals surface area (Å²) in [4.78, 5) is 129. The summed E-state index contributed by atoms with van der Waals surface area (Å²) in [6.07, 6.45) is 71.1. The summed E-state index contributed by atoms with van der Waals surface area (Å²) in [5.74, 6) is -3.92. The van der Waals surface area contributed by atoms with Crippen LogP contribution in [0.1, 0.15) is 476 Å². The Hall–Kier alpha value is -3.14. The normalized spacial score (nSPS) is 13.9. The van der Waals surface area contributed by atoms with Crippen LogP contribution in [0, 0.1) is 0 Å². The van der Waals surface area contributed by atoms with Crippen LogP contribution in [0.4, 0.5) is 0 Å². The van der Waals surface area contributed by atoms with Crippen molar-refractivity contribution in [2.24, 2.45) is 0 Å². The van der Waals surface area contributed by atoms with Gasteiger partial charge < -0.3 is 62.3 Å². The van der Waals surface area contributed by atoms with Gasteiger partial charge in [0.25, 0.3) is 0 Å². The van der Waals surface area contributed by atoms with Crippen LogP contribution in [0.25, 0.3) is 0 Å². The molecule has 0 aromatic heterocycles. The molecular weight excluding hydrogens is 1780 g/mol. The molecule has 4 amide bonds. The number of ether oxygens (including phenoxy) is 6. The van der Waals surface area contributed by atoms with E-state index in [0.29, 0.717) is 64.2 Å². The molecule has 0 aromatic rings. The maximum Gasteiger partial charge on any atom is 1.00 e. The molecule has 0 radical (unpaired) electrons. The van der Waals surface area contributed by atoms with Crippen LogP contribution in [0.2, 0.25) is 0 Å². The summed E-state index contributed by atoms with van der Waals surface area (Å²) >= 11 is 0. The molecule has 6 N–H and O–H groups in total. The van der Waals surface area contributed by atoms with Crippen LogP contribution in [-0.4, -0.2) is 160 Å². The van der Waals surface area contributed by atoms with Crippen LogP contribution in [0.3, 0.4) is 0 Å². The molecule has 26 nitrogen and oxygen atoms in total. The summed E-state index contributed by atoms with van der Waals surface area (Å²) in [6, 6.07) is -2.02. The zero-order chi connectivity index (χ0) is 97.7. The van der Waals surface area contributed by atoms with E-state index in [9.17, 15) is 57.3 Å². The first-order valence-electron chi connectivity index (χ1n) is 53.5. The fraction of sp³-hybridized carbons (Fsp3) is 0.848. The Morgan fingerprint density at radius 1 is 0.274 bits per heavy atom. The monoisotopic (exact) mass is 1970 g/mol. The van der Waals surface area contributed by atoms with Crippen LogP contribution >= 0.6 is 15.6 Å². The molecule has 0 heterocycles. The third-order valence-corrected chi connectivity index (χ3v) is 25.2. The number of hydrogen-bond acceptors (Lipinski definition) is 20. The molecule has 0 saturated carbocycles. The van der Waals surface area contributed by atoms with Crippen molar-refractivity contribution >= 4 is 63.2 Å². The summed E-state index contributed by atoms with van der Waals surface area (Å²) in [6.45, 7) is 14.4. The van der Waals surface area contributed by atoms with Crippen molar-refractivity contribution in [1.82, 2.24) is 21.3 Å². The zero-order valence-electron chi connectivity index (χ0n) is 89.1. The summed E-state index contributed by atoms with van der Waals surface area (Å²) < 4.78 is 84.8. The van der Waals surface area contributed by atoms with Crippen LogP contribution in [0.15, 0.2) is 48.6 Å². The first kappa shape index (κ1) is 136. The summed E-state index contributed by atoms with van der Waals surface area (Å²) in [5, 5.41) is 10.7. The SMILES string of the molecule is CCCCCC/C=C\CCCC(=O)O[C@H](CCCCCCC)CCOCC(COP(=O)(O)OCCNC(=O)CC(=O)NCCOP(=O)(O)OCC(COCC[C@@H](CCCCCCC)OC(=O)CCC/C=C\CCCCCC)NC(=O)C[C@@H](CCCCCCCCCCC)OC(=O)CCC/C=C/CCCCCC)NC(=O)C[C@@H](CCCCCCC)OC(=O)CCC/C=C/CCCCCC.[H-].[H-].[Na+].[Na+]. The predicted octanol–water partition coefficient (Wildman–Crippen LogP) is 20.1. The van der Waals surface area contributed by atoms with E-state index in [-0.39, 0.29) is 158 Å². The van der Waals surface area contributed by atoms with E-state index in [1.54, 1.807) is 0 Å². The maximum atomic E-state index is 14.1. The molecule has 30 heteroatoms. The second-order valence-corrected chi connectivity index (χ2v) is 39.2. The maximum absolute atomic E-state index is 14.1. The van der Waals surface area contributed by atoms with E-state index in [1.165, 1.54) is 103 Å². The van der Waals surface area contributed by atoms with Crippen molar-refractivity contribution in [2.75, 3.05) is 65.9 Å². The summed E-state index contributed by atoms with van der Waals surface area (Å²) in [5.41, 5.74) is 0. The van der Waals surface area contributed by atoms with Gasteiger partial charge in [-0.25, -0.2) is 9.13 Å². The van der Waals surface area contributed by atoms with Gasteiger partial charge >= 0.3 is 98.6 Å². The molecule has 0 fully saturated rings. The number of carbonyl (C=O) groups is 8. The Kier molecular flexibility index (Phi) is 102. The number of esters is 4. The number of phosphoric acid groups is 2. The average molecular weight is 1970 g/mol. The number of hydrogen-bond donors (Lipinski definition) is 6. The number of amides is 4. The molecule has 0 aliphatic carbocycles. The zero-order valence-corrected chi connectivity index (χ0v) is 92.9. The van der Waals surface area contributed by atoms with E-state index in [1.807, 2.05) is 0 Å². The van der Waals surface area contributed by atoms with Crippen LogP contribution < -0.4 is 80.4 Å². The molecular formula is C105H196N4Na2O22P2. The van der Waals surface area contributed by atoms with Crippen molar-refractivity contribution < 1.29 is 166 Å². The molecule has 0 saturated heterocycles. The standard InChI is InChI=1S/C105H194N4O22P2.2Na.2H/c1-9-17-25-33-38-43-48-56-64-72-97(131-105(117)76-68-60-52-47-42-37-29-21-13-5)86-101(113)109-93(89-123-82-78-95(70-62-54-31-23-15-7)129-103(115)74-66-58-50-45-40-35-27-19-11-3)91-127-133(120,121)125-84-80-107-99(111)87-98(110)106-79-83-124-132(118,119)126-90-92(88-122-81-77-94(69-61-53-30-22-14-6)128-102(114)73-65-57-49-44-39-34-26-18-10-2)108-100(112)85-96(71-63-55-32-24-16-8)130-104(116)75-67-59-51-46-41-36-28-20-12-4;;;;/h44-47,49-52,92-97H,9-43,48,53-91H2,1-8H3,(H,106,110)(H,107,111)(H,108,112)(H,109,113)(H,118,119)(H,120,121);;;;/q;2*+1;2*-1/b49-44-,50-45-,51-46+,52-47+;;;;/t92?,93?,94-,95-,96-,97-;;;;/m1..../s1. The van der Waals surface area contributed by atoms with E-state index >= 15 is 0 Å². The molecule has 0 aliphatic heterocycles. The molecule has 0 spiro atoms. The van der Waals surface area contributed by atoms with Gasteiger partial charge in [0.05, 0.1) is 77.8 Å². The second-order valence-electron chi connectivity index (χ2n) is 36.3. The molecule has 135 heavy (non-hydrogen) atoms. The van der Waals surface area contributed by atoms with Crippen LogP contribution in [0.5, 0.6) is 0 Å². The van der Waals surface area contributed by atoms with E-state index in [2.05, 4.69) is 125 Å². The molecule has 0 rings (SSSR count). The number of phosphoric ester groups is 2. The summed E-state index contributed by atoms with van der Waals surface area (Å²) in [7, 11) is -9.78. The first-order valence-corrected chi connectivity index (χ1v) is 56.5. The quantitative estimate of drug-likeness (QED) is 0.00626. The molecule has 0 bridgehead atoms.